The molecule has 0 aliphatic heterocycles. The summed E-state index contributed by atoms with van der Waals surface area (Å²) in [5, 5.41) is 0. The van der Waals surface area contributed by atoms with Crippen molar-refractivity contribution in [1.29, 1.82) is 0 Å². The minimum absolute atomic E-state index is 0.480. The molecule has 0 amide bonds. The first kappa shape index (κ1) is 12.0. The van der Waals surface area contributed by atoms with Crippen LogP contribution in [0.1, 0.15) is 26.3 Å². The van der Waals surface area contributed by atoms with Gasteiger partial charge in [-0.15, -0.1) is 11.8 Å². The number of carbonyl (C=O) groups excluding carboxylic acids is 1. The van der Waals surface area contributed by atoms with Gasteiger partial charge < -0.3 is 0 Å². The number of hydrogen-bond acceptors (Lipinski definition) is 3. The molecule has 0 saturated carbocycles. The summed E-state index contributed by atoms with van der Waals surface area (Å²) in [5.74, 6) is 1.04. The summed E-state index contributed by atoms with van der Waals surface area (Å²) in [6.07, 6.45) is 1.63. The van der Waals surface area contributed by atoms with E-state index in [1.165, 1.54) is 4.90 Å². The van der Waals surface area contributed by atoms with Gasteiger partial charge in [-0.1, -0.05) is 19.1 Å². The van der Waals surface area contributed by atoms with E-state index in [-0.39, 0.29) is 0 Å². The molecule has 0 atom stereocenters. The van der Waals surface area contributed by atoms with Crippen LogP contribution in [0.2, 0.25) is 0 Å². The zero-order chi connectivity index (χ0) is 11.3. The Morgan fingerprint density at radius 1 is 1.47 bits per heavy atom. The van der Waals surface area contributed by atoms with Crippen molar-refractivity contribution in [1.82, 2.24) is 0 Å². The lowest BCUT2D eigenvalue weighted by Gasteiger charge is -2.18. The van der Waals surface area contributed by atoms with Gasteiger partial charge in [-0.05, 0) is 37.3 Å². The second-order valence-electron chi connectivity index (χ2n) is 3.72. The summed E-state index contributed by atoms with van der Waals surface area (Å²) in [5.41, 5.74) is 0.566. The van der Waals surface area contributed by atoms with Crippen LogP contribution < -0.4 is 0 Å². The highest BCUT2D eigenvalue weighted by molar-refractivity contribution is 7.99. The quantitative estimate of drug-likeness (QED) is 0.443. The maximum absolute atomic E-state index is 10.3. The molecule has 0 radical (unpaired) electrons. The fraction of sp³-hybridized carbons (Fsp3) is 0.417. The molecule has 15 heavy (non-hydrogen) atoms. The molecule has 0 spiro atoms. The van der Waals surface area contributed by atoms with Gasteiger partial charge in [0, 0.05) is 4.90 Å². The molecule has 80 valence electrons. The highest BCUT2D eigenvalue weighted by Crippen LogP contribution is 2.28. The smallest absolute Gasteiger partial charge is 0.211 e. The van der Waals surface area contributed by atoms with Crippen molar-refractivity contribution in [2.45, 2.75) is 31.2 Å². The standard InChI is InChI=1S/C12H15NOS/c1-4-15-11-7-5-6-10(8-11)12(2,3)13-9-14/h5-8H,4H2,1-3H3. The van der Waals surface area contributed by atoms with Gasteiger partial charge in [-0.2, -0.15) is 4.99 Å². The molecule has 1 aromatic rings. The van der Waals surface area contributed by atoms with Crippen LogP contribution in [0, 0.1) is 0 Å². The van der Waals surface area contributed by atoms with Crippen molar-refractivity contribution in [2.24, 2.45) is 4.99 Å². The SMILES string of the molecule is CCSc1cccc(C(C)(C)N=C=O)c1. The Bertz CT molecular complexity index is 381. The summed E-state index contributed by atoms with van der Waals surface area (Å²) < 4.78 is 0. The second kappa shape index (κ2) is 5.15. The normalized spacial score (nSPS) is 10.9. The monoisotopic (exact) mass is 221 g/mol. The fourth-order valence-electron chi connectivity index (χ4n) is 1.31. The summed E-state index contributed by atoms with van der Waals surface area (Å²) in [4.78, 5) is 15.3. The molecule has 0 N–H and O–H groups in total. The minimum atomic E-state index is -0.480. The molecular formula is C12H15NOS. The third-order valence-corrected chi connectivity index (χ3v) is 3.05. The van der Waals surface area contributed by atoms with E-state index in [1.54, 1.807) is 17.8 Å². The summed E-state index contributed by atoms with van der Waals surface area (Å²) in [7, 11) is 0. The van der Waals surface area contributed by atoms with E-state index >= 15 is 0 Å². The highest BCUT2D eigenvalue weighted by Gasteiger charge is 2.19. The predicted octanol–water partition coefficient (Wildman–Crippen LogP) is 3.37. The minimum Gasteiger partial charge on any atom is -0.211 e. The molecule has 3 heteroatoms. The number of aliphatic imine (C=N–C) groups is 1. The lowest BCUT2D eigenvalue weighted by Crippen LogP contribution is -2.13. The first-order valence-electron chi connectivity index (χ1n) is 4.92. The first-order chi connectivity index (χ1) is 7.10. The Morgan fingerprint density at radius 2 is 2.20 bits per heavy atom. The van der Waals surface area contributed by atoms with Crippen molar-refractivity contribution in [3.05, 3.63) is 29.8 Å². The van der Waals surface area contributed by atoms with Crippen LogP contribution in [0.15, 0.2) is 34.2 Å². The van der Waals surface area contributed by atoms with Crippen LogP contribution >= 0.6 is 11.8 Å². The van der Waals surface area contributed by atoms with E-state index < -0.39 is 5.54 Å². The Morgan fingerprint density at radius 3 is 2.80 bits per heavy atom. The van der Waals surface area contributed by atoms with Crippen LogP contribution in [0.25, 0.3) is 0 Å². The zero-order valence-corrected chi connectivity index (χ0v) is 10.1. The van der Waals surface area contributed by atoms with Crippen LogP contribution in [0.3, 0.4) is 0 Å². The molecule has 0 aromatic heterocycles. The summed E-state index contributed by atoms with van der Waals surface area (Å²) in [6, 6.07) is 8.13. The number of isocyanates is 1. The Kier molecular flexibility index (Phi) is 4.13. The number of thioether (sulfide) groups is 1. The molecule has 0 unspecified atom stereocenters. The number of nitrogens with zero attached hydrogens (tertiary/aromatic N) is 1. The van der Waals surface area contributed by atoms with Gasteiger partial charge in [0.25, 0.3) is 0 Å². The Hall–Kier alpha value is -1.05. The summed E-state index contributed by atoms with van der Waals surface area (Å²) in [6.45, 7) is 5.94. The molecule has 0 bridgehead atoms. The van der Waals surface area contributed by atoms with E-state index in [0.29, 0.717) is 0 Å². The van der Waals surface area contributed by atoms with Crippen molar-refractivity contribution in [3.63, 3.8) is 0 Å². The van der Waals surface area contributed by atoms with Gasteiger partial charge in [-0.25, -0.2) is 4.79 Å². The van der Waals surface area contributed by atoms with Crippen molar-refractivity contribution >= 4 is 17.8 Å². The topological polar surface area (TPSA) is 29.4 Å². The molecular weight excluding hydrogens is 206 g/mol. The van der Waals surface area contributed by atoms with Crippen molar-refractivity contribution in [2.75, 3.05) is 5.75 Å². The van der Waals surface area contributed by atoms with E-state index in [9.17, 15) is 4.79 Å². The lowest BCUT2D eigenvalue weighted by atomic mass is 9.95. The fourth-order valence-corrected chi connectivity index (χ4v) is 2.03. The molecule has 0 saturated heterocycles. The summed E-state index contributed by atoms with van der Waals surface area (Å²) >= 11 is 1.78. The van der Waals surface area contributed by atoms with E-state index in [1.807, 2.05) is 26.0 Å². The Labute approximate surface area is 94.8 Å². The molecule has 0 heterocycles. The van der Waals surface area contributed by atoms with E-state index in [2.05, 4.69) is 24.0 Å². The largest absolute Gasteiger partial charge is 0.235 e. The van der Waals surface area contributed by atoms with Gasteiger partial charge in [0.2, 0.25) is 6.08 Å². The van der Waals surface area contributed by atoms with Gasteiger partial charge in [-0.3, -0.25) is 0 Å². The molecule has 0 aliphatic rings. The van der Waals surface area contributed by atoms with Crippen LogP contribution in [0.5, 0.6) is 0 Å². The maximum Gasteiger partial charge on any atom is 0.235 e. The molecule has 0 aliphatic carbocycles. The van der Waals surface area contributed by atoms with Gasteiger partial charge in [0.15, 0.2) is 0 Å². The molecule has 0 fully saturated rings. The van der Waals surface area contributed by atoms with Gasteiger partial charge in [0.1, 0.15) is 0 Å². The third-order valence-electron chi connectivity index (χ3n) is 2.18. The Balaban J connectivity index is 3.04. The van der Waals surface area contributed by atoms with E-state index in [0.717, 1.165) is 11.3 Å². The van der Waals surface area contributed by atoms with Gasteiger partial charge >= 0.3 is 0 Å². The predicted molar refractivity (Wildman–Crippen MR) is 64.0 cm³/mol. The first-order valence-corrected chi connectivity index (χ1v) is 5.91. The average Bonchev–Trinajstić information content (AvgIpc) is 2.19. The lowest BCUT2D eigenvalue weighted by molar-refractivity contribution is 0.522. The molecule has 1 rings (SSSR count). The third kappa shape index (κ3) is 3.22. The van der Waals surface area contributed by atoms with Gasteiger partial charge in [0.05, 0.1) is 5.54 Å². The zero-order valence-electron chi connectivity index (χ0n) is 9.28. The molecule has 1 aromatic carbocycles. The average molecular weight is 221 g/mol. The highest BCUT2D eigenvalue weighted by atomic mass is 32.2. The number of rotatable bonds is 4. The van der Waals surface area contributed by atoms with E-state index in [4.69, 9.17) is 0 Å². The number of benzene rings is 1. The van der Waals surface area contributed by atoms with Crippen molar-refractivity contribution in [3.8, 4) is 0 Å². The van der Waals surface area contributed by atoms with Crippen LogP contribution in [0.4, 0.5) is 0 Å². The number of hydrogen-bond donors (Lipinski definition) is 0. The van der Waals surface area contributed by atoms with Crippen LogP contribution in [-0.4, -0.2) is 11.8 Å². The molecule has 2 nitrogen and oxygen atoms in total. The van der Waals surface area contributed by atoms with Crippen molar-refractivity contribution < 1.29 is 4.79 Å². The van der Waals surface area contributed by atoms with Crippen LogP contribution in [-0.2, 0) is 10.3 Å². The maximum atomic E-state index is 10.3. The second-order valence-corrected chi connectivity index (χ2v) is 5.06.